The molecule has 0 fully saturated rings. The number of hydrogen-bond acceptors (Lipinski definition) is 6. The second-order valence-corrected chi connectivity index (χ2v) is 5.74. The third-order valence-electron chi connectivity index (χ3n) is 4.02. The van der Waals surface area contributed by atoms with Gasteiger partial charge in [-0.25, -0.2) is 0 Å². The second-order valence-electron chi connectivity index (χ2n) is 5.74. The Morgan fingerprint density at radius 3 is 2.00 bits per heavy atom. The van der Waals surface area contributed by atoms with Gasteiger partial charge >= 0.3 is 0 Å². The maximum atomic E-state index is 13.0. The van der Waals surface area contributed by atoms with Gasteiger partial charge in [-0.3, -0.25) is 19.7 Å². The molecule has 9 heteroatoms. The zero-order valence-corrected chi connectivity index (χ0v) is 14.6. The summed E-state index contributed by atoms with van der Waals surface area (Å²) in [6.07, 6.45) is 0. The van der Waals surface area contributed by atoms with Gasteiger partial charge in [0.15, 0.2) is 0 Å². The number of nitro groups is 1. The zero-order valence-electron chi connectivity index (χ0n) is 14.6. The highest BCUT2D eigenvalue weighted by atomic mass is 16.6. The Morgan fingerprint density at radius 1 is 0.963 bits per heavy atom. The summed E-state index contributed by atoms with van der Waals surface area (Å²) in [4.78, 5) is 37.4. The monoisotopic (exact) mass is 365 g/mol. The molecule has 1 aromatic heterocycles. The van der Waals surface area contributed by atoms with Crippen LogP contribution in [0.2, 0.25) is 0 Å². The van der Waals surface area contributed by atoms with Crippen LogP contribution in [0.25, 0.3) is 0 Å². The van der Waals surface area contributed by atoms with E-state index in [4.69, 9.17) is 0 Å². The number of hydrogen-bond donors (Lipinski definition) is 0. The van der Waals surface area contributed by atoms with E-state index in [9.17, 15) is 19.7 Å². The molecule has 27 heavy (non-hydrogen) atoms. The highest BCUT2D eigenvalue weighted by molar-refractivity contribution is 6.20. The fourth-order valence-electron chi connectivity index (χ4n) is 2.40. The lowest BCUT2D eigenvalue weighted by Gasteiger charge is -2.21. The summed E-state index contributed by atoms with van der Waals surface area (Å²) < 4.78 is 0. The van der Waals surface area contributed by atoms with Crippen molar-refractivity contribution in [3.63, 3.8) is 0 Å². The first-order chi connectivity index (χ1) is 12.9. The van der Waals surface area contributed by atoms with Crippen molar-refractivity contribution in [2.24, 2.45) is 0 Å². The second kappa shape index (κ2) is 7.16. The maximum Gasteiger partial charge on any atom is 0.281 e. The zero-order chi connectivity index (χ0) is 19.6. The van der Waals surface area contributed by atoms with Crippen LogP contribution >= 0.6 is 0 Å². The molecular weight excluding hydrogens is 350 g/mol. The molecule has 0 aliphatic rings. The molecular formula is C18H15N5O4. The average Bonchev–Trinajstić information content (AvgIpc) is 3.01. The van der Waals surface area contributed by atoms with Gasteiger partial charge in [0.2, 0.25) is 0 Å². The predicted octanol–water partition coefficient (Wildman–Crippen LogP) is 2.42. The standard InChI is InChI=1S/C18H15N5O4/c1-12-13(2)22(20-19-12)21(17(24)14-6-4-3-5-7-14)18(25)15-8-10-16(11-9-15)23(26)27/h3-11H,1-2H3. The van der Waals surface area contributed by atoms with E-state index in [1.807, 2.05) is 0 Å². The minimum absolute atomic E-state index is 0.109. The van der Waals surface area contributed by atoms with Crippen molar-refractivity contribution < 1.29 is 14.5 Å². The quantitative estimate of drug-likeness (QED) is 0.399. The number of carbonyl (C=O) groups excluding carboxylic acids is 2. The minimum atomic E-state index is -0.674. The molecule has 0 atom stereocenters. The molecule has 1 heterocycles. The van der Waals surface area contributed by atoms with E-state index in [1.54, 1.807) is 44.2 Å². The Labute approximate surface area is 154 Å². The summed E-state index contributed by atoms with van der Waals surface area (Å²) in [6.45, 7) is 3.39. The molecule has 0 saturated heterocycles. The van der Waals surface area contributed by atoms with Crippen molar-refractivity contribution in [1.29, 1.82) is 0 Å². The van der Waals surface area contributed by atoms with Gasteiger partial charge in [0.25, 0.3) is 17.5 Å². The van der Waals surface area contributed by atoms with E-state index in [-0.39, 0.29) is 11.3 Å². The van der Waals surface area contributed by atoms with Crippen LogP contribution in [-0.4, -0.2) is 31.8 Å². The molecule has 136 valence electrons. The molecule has 0 saturated carbocycles. The van der Waals surface area contributed by atoms with E-state index < -0.39 is 16.7 Å². The smallest absolute Gasteiger partial charge is 0.267 e. The Bertz CT molecular complexity index is 1010. The number of aromatic nitrogens is 3. The van der Waals surface area contributed by atoms with Gasteiger partial charge in [-0.1, -0.05) is 18.2 Å². The molecule has 0 unspecified atom stereocenters. The number of aryl methyl sites for hydroxylation is 1. The van der Waals surface area contributed by atoms with Crippen LogP contribution in [0, 0.1) is 24.0 Å². The van der Waals surface area contributed by atoms with Crippen molar-refractivity contribution >= 4 is 17.5 Å². The molecule has 0 aliphatic heterocycles. The van der Waals surface area contributed by atoms with Crippen LogP contribution in [0.15, 0.2) is 54.6 Å². The number of rotatable bonds is 4. The Hall–Kier alpha value is -3.88. The van der Waals surface area contributed by atoms with E-state index in [0.29, 0.717) is 17.0 Å². The van der Waals surface area contributed by atoms with E-state index in [0.717, 1.165) is 9.80 Å². The lowest BCUT2D eigenvalue weighted by Crippen LogP contribution is -2.46. The summed E-state index contributed by atoms with van der Waals surface area (Å²) in [5, 5.41) is 19.5. The first-order valence-corrected chi connectivity index (χ1v) is 7.97. The lowest BCUT2D eigenvalue weighted by atomic mass is 10.1. The molecule has 2 aromatic carbocycles. The molecule has 2 amide bonds. The molecule has 3 rings (SSSR count). The number of non-ortho nitro benzene ring substituents is 1. The van der Waals surface area contributed by atoms with E-state index in [2.05, 4.69) is 10.3 Å². The molecule has 0 radical (unpaired) electrons. The van der Waals surface area contributed by atoms with Crippen LogP contribution in [0.1, 0.15) is 32.1 Å². The largest absolute Gasteiger partial charge is 0.281 e. The van der Waals surface area contributed by atoms with Crippen LogP contribution in [0.4, 0.5) is 5.69 Å². The molecule has 9 nitrogen and oxygen atoms in total. The SMILES string of the molecule is Cc1nnn(N(C(=O)c2ccccc2)C(=O)c2ccc([N+](=O)[O-])cc2)c1C. The van der Waals surface area contributed by atoms with Crippen molar-refractivity contribution in [1.82, 2.24) is 15.1 Å². The van der Waals surface area contributed by atoms with Crippen molar-refractivity contribution in [3.8, 4) is 0 Å². The molecule has 0 bridgehead atoms. The number of benzene rings is 2. The van der Waals surface area contributed by atoms with Crippen molar-refractivity contribution in [2.75, 3.05) is 5.01 Å². The first kappa shape index (κ1) is 17.9. The first-order valence-electron chi connectivity index (χ1n) is 7.97. The Balaban J connectivity index is 2.06. The van der Waals surface area contributed by atoms with Crippen LogP contribution in [-0.2, 0) is 0 Å². The fourth-order valence-corrected chi connectivity index (χ4v) is 2.40. The van der Waals surface area contributed by atoms with Gasteiger partial charge in [0, 0.05) is 23.3 Å². The van der Waals surface area contributed by atoms with Gasteiger partial charge < -0.3 is 0 Å². The van der Waals surface area contributed by atoms with Crippen LogP contribution < -0.4 is 5.01 Å². The van der Waals surface area contributed by atoms with Crippen LogP contribution in [0.5, 0.6) is 0 Å². The van der Waals surface area contributed by atoms with E-state index in [1.165, 1.54) is 24.3 Å². The third kappa shape index (κ3) is 3.43. The van der Waals surface area contributed by atoms with Gasteiger partial charge in [0.1, 0.15) is 0 Å². The number of amides is 2. The summed E-state index contributed by atoms with van der Waals surface area (Å²) in [5.41, 5.74) is 1.34. The number of nitro benzene ring substituents is 1. The van der Waals surface area contributed by atoms with Gasteiger partial charge in [-0.2, -0.15) is 5.01 Å². The summed E-state index contributed by atoms with van der Waals surface area (Å²) in [6, 6.07) is 13.3. The molecule has 0 aliphatic carbocycles. The van der Waals surface area contributed by atoms with Gasteiger partial charge in [0.05, 0.1) is 16.3 Å². The Kier molecular flexibility index (Phi) is 4.75. The van der Waals surface area contributed by atoms with E-state index >= 15 is 0 Å². The predicted molar refractivity (Wildman–Crippen MR) is 95.9 cm³/mol. The average molecular weight is 365 g/mol. The summed E-state index contributed by atoms with van der Waals surface area (Å²) >= 11 is 0. The minimum Gasteiger partial charge on any atom is -0.267 e. The normalized spacial score (nSPS) is 10.4. The highest BCUT2D eigenvalue weighted by Crippen LogP contribution is 2.16. The third-order valence-corrected chi connectivity index (χ3v) is 4.02. The van der Waals surface area contributed by atoms with Crippen molar-refractivity contribution in [3.05, 3.63) is 87.2 Å². The summed E-state index contributed by atoms with van der Waals surface area (Å²) in [5.74, 6) is -1.27. The number of carbonyl (C=O) groups is 2. The lowest BCUT2D eigenvalue weighted by molar-refractivity contribution is -0.384. The Morgan fingerprint density at radius 2 is 1.52 bits per heavy atom. The number of imide groups is 1. The maximum absolute atomic E-state index is 13.0. The fraction of sp³-hybridized carbons (Fsp3) is 0.111. The molecule has 0 N–H and O–H groups in total. The van der Waals surface area contributed by atoms with Gasteiger partial charge in [-0.05, 0) is 43.3 Å². The highest BCUT2D eigenvalue weighted by Gasteiger charge is 2.29. The summed E-state index contributed by atoms with van der Waals surface area (Å²) in [7, 11) is 0. The van der Waals surface area contributed by atoms with Gasteiger partial charge in [-0.15, -0.1) is 9.89 Å². The molecule has 0 spiro atoms. The number of nitrogens with zero attached hydrogens (tertiary/aromatic N) is 5. The topological polar surface area (TPSA) is 111 Å². The van der Waals surface area contributed by atoms with Crippen LogP contribution in [0.3, 0.4) is 0 Å². The van der Waals surface area contributed by atoms with Crippen molar-refractivity contribution in [2.45, 2.75) is 13.8 Å². The molecule has 3 aromatic rings.